The van der Waals surface area contributed by atoms with Crippen molar-refractivity contribution in [3.8, 4) is 0 Å². The largest absolute Gasteiger partial charge is 0.519 e. The minimum absolute atomic E-state index is 0. The lowest BCUT2D eigenvalue weighted by Crippen LogP contribution is -2.31. The Morgan fingerprint density at radius 2 is 2.00 bits per heavy atom. The van der Waals surface area contributed by atoms with Crippen LogP contribution in [0, 0.1) is 5.92 Å². The van der Waals surface area contributed by atoms with Crippen molar-refractivity contribution in [3.63, 3.8) is 0 Å². The van der Waals surface area contributed by atoms with Crippen LogP contribution in [-0.2, 0) is 18.6 Å². The lowest BCUT2D eigenvalue weighted by atomic mass is 9.85. The lowest BCUT2D eigenvalue weighted by Gasteiger charge is -2.24. The SMILES string of the molecule is CO[P+](=O)CC(=O)OCC(N)CC1CCCCC1.Cl. The summed E-state index contributed by atoms with van der Waals surface area (Å²) >= 11 is 0. The monoisotopic (exact) mass is 312 g/mol. The van der Waals surface area contributed by atoms with Crippen LogP contribution in [0.25, 0.3) is 0 Å². The third-order valence-electron chi connectivity index (χ3n) is 3.28. The molecule has 112 valence electrons. The molecule has 0 saturated heterocycles. The van der Waals surface area contributed by atoms with Crippen molar-refractivity contribution in [2.45, 2.75) is 44.6 Å². The molecule has 0 aliphatic heterocycles. The van der Waals surface area contributed by atoms with Gasteiger partial charge in [0.1, 0.15) is 6.61 Å². The molecule has 0 aromatic heterocycles. The Hall–Kier alpha value is -0.220. The molecule has 2 unspecified atom stereocenters. The highest BCUT2D eigenvalue weighted by Crippen LogP contribution is 2.27. The van der Waals surface area contributed by atoms with Crippen LogP contribution in [0.3, 0.4) is 0 Å². The first-order valence-electron chi connectivity index (χ1n) is 6.51. The number of hydrogen-bond acceptors (Lipinski definition) is 5. The Balaban J connectivity index is 0.00000324. The first kappa shape index (κ1) is 18.8. The van der Waals surface area contributed by atoms with Crippen LogP contribution in [0.5, 0.6) is 0 Å². The van der Waals surface area contributed by atoms with Gasteiger partial charge in [-0.25, -0.2) is 4.79 Å². The smallest absolute Gasteiger partial charge is 0.461 e. The van der Waals surface area contributed by atoms with E-state index in [0.29, 0.717) is 5.92 Å². The topological polar surface area (TPSA) is 78.6 Å². The molecule has 2 atom stereocenters. The summed E-state index contributed by atoms with van der Waals surface area (Å²) in [6.45, 7) is 0.211. The van der Waals surface area contributed by atoms with Crippen LogP contribution in [0.1, 0.15) is 38.5 Å². The highest BCUT2D eigenvalue weighted by molar-refractivity contribution is 7.40. The van der Waals surface area contributed by atoms with Crippen molar-refractivity contribution < 1.29 is 18.6 Å². The molecule has 0 amide bonds. The molecule has 1 aliphatic carbocycles. The number of halogens is 1. The van der Waals surface area contributed by atoms with Crippen LogP contribution in [0.15, 0.2) is 0 Å². The number of carbonyl (C=O) groups is 1. The van der Waals surface area contributed by atoms with E-state index in [1.54, 1.807) is 0 Å². The molecule has 0 radical (unpaired) electrons. The summed E-state index contributed by atoms with van der Waals surface area (Å²) in [6, 6.07) is -0.113. The molecule has 0 aromatic carbocycles. The standard InChI is InChI=1S/C12H23NO4P.ClH/c1-16-18(15)9-12(14)17-8-11(13)7-10-5-3-2-4-6-10;/h10-11H,2-9,13H2,1H3;1H/q+1;. The Labute approximate surface area is 121 Å². The van der Waals surface area contributed by atoms with Gasteiger partial charge < -0.3 is 10.5 Å². The maximum absolute atomic E-state index is 11.3. The van der Waals surface area contributed by atoms with Crippen LogP contribution >= 0.6 is 20.4 Å². The summed E-state index contributed by atoms with van der Waals surface area (Å²) in [4.78, 5) is 11.3. The zero-order valence-electron chi connectivity index (χ0n) is 11.4. The van der Waals surface area contributed by atoms with Crippen molar-refractivity contribution in [1.29, 1.82) is 0 Å². The van der Waals surface area contributed by atoms with E-state index in [1.807, 2.05) is 0 Å². The van der Waals surface area contributed by atoms with E-state index in [1.165, 1.54) is 39.2 Å². The number of hydrogen-bond donors (Lipinski definition) is 1. The summed E-state index contributed by atoms with van der Waals surface area (Å²) in [5, 5.41) is 0. The average Bonchev–Trinajstić information content (AvgIpc) is 2.37. The van der Waals surface area contributed by atoms with Crippen molar-refractivity contribution in [2.24, 2.45) is 11.7 Å². The molecular weight excluding hydrogens is 289 g/mol. The Kier molecular flexibility index (Phi) is 10.4. The van der Waals surface area contributed by atoms with Gasteiger partial charge in [-0.3, -0.25) is 0 Å². The first-order valence-corrected chi connectivity index (χ1v) is 7.88. The summed E-state index contributed by atoms with van der Waals surface area (Å²) in [6.07, 6.45) is 7.07. The number of ether oxygens (including phenoxy) is 1. The number of esters is 1. The van der Waals surface area contributed by atoms with Crippen molar-refractivity contribution in [3.05, 3.63) is 0 Å². The van der Waals surface area contributed by atoms with Crippen molar-refractivity contribution in [2.75, 3.05) is 19.9 Å². The third-order valence-corrected chi connectivity index (χ3v) is 4.20. The van der Waals surface area contributed by atoms with Crippen LogP contribution in [0.4, 0.5) is 0 Å². The maximum atomic E-state index is 11.3. The molecule has 7 heteroatoms. The van der Waals surface area contributed by atoms with Crippen molar-refractivity contribution >= 4 is 26.4 Å². The summed E-state index contributed by atoms with van der Waals surface area (Å²) < 4.78 is 20.5. The third kappa shape index (κ3) is 8.53. The quantitative estimate of drug-likeness (QED) is 0.577. The van der Waals surface area contributed by atoms with Gasteiger partial charge in [0.05, 0.1) is 7.11 Å². The molecule has 19 heavy (non-hydrogen) atoms. The maximum Gasteiger partial charge on any atom is 0.519 e. The number of nitrogens with two attached hydrogens (primary N) is 1. The lowest BCUT2D eigenvalue weighted by molar-refractivity contribution is -0.141. The second kappa shape index (κ2) is 10.6. The van der Waals surface area contributed by atoms with E-state index >= 15 is 0 Å². The fourth-order valence-electron chi connectivity index (χ4n) is 2.33. The van der Waals surface area contributed by atoms with Gasteiger partial charge in [-0.2, -0.15) is 0 Å². The highest BCUT2D eigenvalue weighted by atomic mass is 35.5. The van der Waals surface area contributed by atoms with E-state index < -0.39 is 14.0 Å². The molecular formula is C12H24ClNO4P+. The van der Waals surface area contributed by atoms with E-state index in [2.05, 4.69) is 4.52 Å². The van der Waals surface area contributed by atoms with Gasteiger partial charge in [-0.05, 0) is 16.9 Å². The highest BCUT2D eigenvalue weighted by Gasteiger charge is 2.23. The molecule has 1 aliphatic rings. The van der Waals surface area contributed by atoms with E-state index in [-0.39, 0.29) is 31.2 Å². The Morgan fingerprint density at radius 1 is 1.37 bits per heavy atom. The van der Waals surface area contributed by atoms with Gasteiger partial charge in [0, 0.05) is 6.04 Å². The molecule has 2 N–H and O–H groups in total. The molecule has 1 saturated carbocycles. The van der Waals surface area contributed by atoms with E-state index in [0.717, 1.165) is 6.42 Å². The second-order valence-electron chi connectivity index (χ2n) is 4.86. The van der Waals surface area contributed by atoms with E-state index in [9.17, 15) is 9.36 Å². The normalized spacial score (nSPS) is 18.3. The van der Waals surface area contributed by atoms with Gasteiger partial charge in [0.25, 0.3) is 6.16 Å². The minimum Gasteiger partial charge on any atom is -0.461 e. The minimum atomic E-state index is -1.93. The molecule has 1 fully saturated rings. The number of rotatable bonds is 7. The molecule has 0 bridgehead atoms. The second-order valence-corrected chi connectivity index (χ2v) is 6.20. The molecule has 0 heterocycles. The fraction of sp³-hybridized carbons (Fsp3) is 0.917. The molecule has 0 spiro atoms. The summed E-state index contributed by atoms with van der Waals surface area (Å²) in [5.41, 5.74) is 5.93. The van der Waals surface area contributed by atoms with Gasteiger partial charge >= 0.3 is 14.0 Å². The fourth-order valence-corrected chi connectivity index (χ4v) is 2.77. The van der Waals surface area contributed by atoms with Gasteiger partial charge in [0.15, 0.2) is 0 Å². The van der Waals surface area contributed by atoms with Crippen LogP contribution in [-0.4, -0.2) is 31.9 Å². The van der Waals surface area contributed by atoms with Crippen molar-refractivity contribution in [1.82, 2.24) is 0 Å². The number of carbonyl (C=O) groups excluding carboxylic acids is 1. The zero-order valence-corrected chi connectivity index (χ0v) is 13.1. The average molecular weight is 313 g/mol. The van der Waals surface area contributed by atoms with Gasteiger partial charge in [-0.1, -0.05) is 32.1 Å². The zero-order chi connectivity index (χ0) is 13.4. The Morgan fingerprint density at radius 3 is 2.58 bits per heavy atom. The summed E-state index contributed by atoms with van der Waals surface area (Å²) in [7, 11) is -0.624. The first-order chi connectivity index (χ1) is 8.61. The molecule has 5 nitrogen and oxygen atoms in total. The van der Waals surface area contributed by atoms with Crippen LogP contribution in [0.2, 0.25) is 0 Å². The van der Waals surface area contributed by atoms with Gasteiger partial charge in [0.2, 0.25) is 0 Å². The van der Waals surface area contributed by atoms with E-state index in [4.69, 9.17) is 10.5 Å². The Bertz CT molecular complexity index is 285. The predicted molar refractivity (Wildman–Crippen MR) is 76.9 cm³/mol. The molecule has 0 aromatic rings. The van der Waals surface area contributed by atoms with Gasteiger partial charge in [-0.15, -0.1) is 16.9 Å². The summed E-state index contributed by atoms with van der Waals surface area (Å²) in [5.74, 6) is 0.167. The molecule has 1 rings (SSSR count). The van der Waals surface area contributed by atoms with Crippen LogP contribution < -0.4 is 5.73 Å². The predicted octanol–water partition coefficient (Wildman–Crippen LogP) is 2.64.